The minimum atomic E-state index is -0.379. The average Bonchev–Trinajstić information content (AvgIpc) is 3.42. The van der Waals surface area contributed by atoms with Crippen LogP contribution < -0.4 is 4.74 Å². The van der Waals surface area contributed by atoms with Crippen LogP contribution in [0, 0.1) is 5.92 Å². The maximum Gasteiger partial charge on any atom is 0.341 e. The molecule has 202 valence electrons. The molecule has 0 spiro atoms. The number of rotatable bonds is 9. The van der Waals surface area contributed by atoms with Crippen LogP contribution >= 0.6 is 0 Å². The van der Waals surface area contributed by atoms with Crippen LogP contribution in [0.4, 0.5) is 0 Å². The van der Waals surface area contributed by atoms with Crippen LogP contribution in [0.5, 0.6) is 5.75 Å². The molecule has 2 aromatic heterocycles. The van der Waals surface area contributed by atoms with Gasteiger partial charge in [0.05, 0.1) is 37.0 Å². The third-order valence-electron chi connectivity index (χ3n) is 8.13. The number of hydrogen-bond donors (Lipinski definition) is 0. The molecule has 2 aromatic carbocycles. The van der Waals surface area contributed by atoms with Gasteiger partial charge in [-0.3, -0.25) is 4.68 Å². The standard InChI is InChI=1S/C31H35N5O3/c1-35-20-29(33-34-35)26-18-27(26)30-28(31(37)38-2)19-32-36(30)24-12-6-10-22(16-24)23-11-7-13-25(17-23)39-15-14-21-8-4-3-5-9-21/h6-7,10-13,16-17,19-21,26-27H,3-5,8-9,14-15,18H2,1-2H3. The van der Waals surface area contributed by atoms with Crippen molar-refractivity contribution in [2.75, 3.05) is 13.7 Å². The second-order valence-corrected chi connectivity index (χ2v) is 10.8. The van der Waals surface area contributed by atoms with E-state index >= 15 is 0 Å². The highest BCUT2D eigenvalue weighted by Gasteiger charge is 2.46. The Morgan fingerprint density at radius 2 is 1.82 bits per heavy atom. The number of esters is 1. The Bertz CT molecular complexity index is 1450. The van der Waals surface area contributed by atoms with Crippen LogP contribution in [0.15, 0.2) is 60.9 Å². The fourth-order valence-electron chi connectivity index (χ4n) is 5.95. The lowest BCUT2D eigenvalue weighted by Crippen LogP contribution is -2.10. The van der Waals surface area contributed by atoms with E-state index in [4.69, 9.17) is 9.47 Å². The third kappa shape index (κ3) is 5.46. The fourth-order valence-corrected chi connectivity index (χ4v) is 5.95. The van der Waals surface area contributed by atoms with Gasteiger partial charge in [-0.2, -0.15) is 5.10 Å². The van der Waals surface area contributed by atoms with Gasteiger partial charge in [0.2, 0.25) is 0 Å². The quantitative estimate of drug-likeness (QED) is 0.247. The molecule has 2 heterocycles. The number of aromatic nitrogens is 5. The molecule has 0 aliphatic heterocycles. The van der Waals surface area contributed by atoms with E-state index in [-0.39, 0.29) is 17.8 Å². The van der Waals surface area contributed by atoms with E-state index in [1.165, 1.54) is 39.2 Å². The zero-order valence-corrected chi connectivity index (χ0v) is 22.6. The summed E-state index contributed by atoms with van der Waals surface area (Å²) in [4.78, 5) is 12.7. The van der Waals surface area contributed by atoms with Gasteiger partial charge in [-0.05, 0) is 54.2 Å². The van der Waals surface area contributed by atoms with E-state index in [9.17, 15) is 4.79 Å². The van der Waals surface area contributed by atoms with E-state index in [2.05, 4.69) is 39.7 Å². The number of nitrogens with zero attached hydrogens (tertiary/aromatic N) is 5. The number of aryl methyl sites for hydroxylation is 1. The largest absolute Gasteiger partial charge is 0.494 e. The number of carbonyl (C=O) groups excluding carboxylic acids is 1. The molecule has 0 radical (unpaired) electrons. The SMILES string of the molecule is COC(=O)c1cnn(-c2cccc(-c3cccc(OCCC4CCCCC4)c3)c2)c1C1CC1c1cn(C)nn1. The maximum atomic E-state index is 12.7. The molecule has 0 N–H and O–H groups in total. The van der Waals surface area contributed by atoms with E-state index in [0.29, 0.717) is 5.56 Å². The van der Waals surface area contributed by atoms with Gasteiger partial charge in [0.25, 0.3) is 0 Å². The van der Waals surface area contributed by atoms with Crippen molar-refractivity contribution in [3.8, 4) is 22.6 Å². The summed E-state index contributed by atoms with van der Waals surface area (Å²) in [6.07, 6.45) is 12.3. The molecule has 6 rings (SSSR count). The van der Waals surface area contributed by atoms with Crippen LogP contribution in [0.1, 0.15) is 78.5 Å². The van der Waals surface area contributed by atoms with Crippen molar-refractivity contribution < 1.29 is 14.3 Å². The highest BCUT2D eigenvalue weighted by atomic mass is 16.5. The minimum absolute atomic E-state index is 0.114. The van der Waals surface area contributed by atoms with Crippen molar-refractivity contribution in [3.05, 3.63) is 77.9 Å². The number of methoxy groups -OCH3 is 1. The number of carbonyl (C=O) groups is 1. The Morgan fingerprint density at radius 1 is 1.03 bits per heavy atom. The third-order valence-corrected chi connectivity index (χ3v) is 8.13. The lowest BCUT2D eigenvalue weighted by molar-refractivity contribution is 0.0599. The molecule has 2 saturated carbocycles. The van der Waals surface area contributed by atoms with Crippen LogP contribution in [0.3, 0.4) is 0 Å². The summed E-state index contributed by atoms with van der Waals surface area (Å²) < 4.78 is 14.8. The summed E-state index contributed by atoms with van der Waals surface area (Å²) in [5.74, 6) is 1.63. The first-order valence-electron chi connectivity index (χ1n) is 14.0. The van der Waals surface area contributed by atoms with Gasteiger partial charge in [-0.25, -0.2) is 9.48 Å². The molecule has 0 amide bonds. The van der Waals surface area contributed by atoms with E-state index in [0.717, 1.165) is 59.3 Å². The zero-order valence-electron chi connectivity index (χ0n) is 22.6. The van der Waals surface area contributed by atoms with Gasteiger partial charge in [0.1, 0.15) is 11.3 Å². The molecule has 39 heavy (non-hydrogen) atoms. The summed E-state index contributed by atoms with van der Waals surface area (Å²) in [5.41, 5.74) is 5.32. The highest BCUT2D eigenvalue weighted by Crippen LogP contribution is 2.55. The highest BCUT2D eigenvalue weighted by molar-refractivity contribution is 5.91. The molecular weight excluding hydrogens is 490 g/mol. The normalized spacial score (nSPS) is 19.1. The molecule has 0 saturated heterocycles. The second-order valence-electron chi connectivity index (χ2n) is 10.8. The lowest BCUT2D eigenvalue weighted by atomic mass is 9.87. The zero-order chi connectivity index (χ0) is 26.8. The molecule has 2 aliphatic carbocycles. The van der Waals surface area contributed by atoms with Gasteiger partial charge in [-0.15, -0.1) is 5.10 Å². The molecular formula is C31H35N5O3. The van der Waals surface area contributed by atoms with Crippen LogP contribution in [0.2, 0.25) is 0 Å². The molecule has 8 heteroatoms. The van der Waals surface area contributed by atoms with Gasteiger partial charge in [0.15, 0.2) is 0 Å². The van der Waals surface area contributed by atoms with Crippen molar-refractivity contribution >= 4 is 5.97 Å². The van der Waals surface area contributed by atoms with Crippen molar-refractivity contribution in [2.45, 2.75) is 56.8 Å². The molecule has 2 unspecified atom stereocenters. The van der Waals surface area contributed by atoms with Crippen molar-refractivity contribution in [3.63, 3.8) is 0 Å². The summed E-state index contributed by atoms with van der Waals surface area (Å²) >= 11 is 0. The topological polar surface area (TPSA) is 84.1 Å². The summed E-state index contributed by atoms with van der Waals surface area (Å²) in [6, 6.07) is 16.5. The Hall–Kier alpha value is -3.94. The van der Waals surface area contributed by atoms with Crippen LogP contribution in [-0.4, -0.2) is 44.5 Å². The lowest BCUT2D eigenvalue weighted by Gasteiger charge is -2.21. The second kappa shape index (κ2) is 11.0. The van der Waals surface area contributed by atoms with Gasteiger partial charge in [0, 0.05) is 25.1 Å². The number of benzene rings is 2. The number of hydrogen-bond acceptors (Lipinski definition) is 6. The smallest absolute Gasteiger partial charge is 0.341 e. The Labute approximate surface area is 228 Å². The monoisotopic (exact) mass is 525 g/mol. The Balaban J connectivity index is 1.24. The Kier molecular flexibility index (Phi) is 7.18. The van der Waals surface area contributed by atoms with E-state index in [1.807, 2.05) is 42.2 Å². The predicted molar refractivity (Wildman–Crippen MR) is 148 cm³/mol. The van der Waals surface area contributed by atoms with Gasteiger partial charge < -0.3 is 9.47 Å². The van der Waals surface area contributed by atoms with Crippen molar-refractivity contribution in [1.82, 2.24) is 24.8 Å². The number of ether oxygens (including phenoxy) is 2. The van der Waals surface area contributed by atoms with Crippen molar-refractivity contribution in [2.24, 2.45) is 13.0 Å². The van der Waals surface area contributed by atoms with E-state index < -0.39 is 0 Å². The first-order chi connectivity index (χ1) is 19.1. The Morgan fingerprint density at radius 3 is 2.59 bits per heavy atom. The fraction of sp³-hybridized carbons (Fsp3) is 0.419. The molecule has 2 atom stereocenters. The van der Waals surface area contributed by atoms with Crippen molar-refractivity contribution in [1.29, 1.82) is 0 Å². The predicted octanol–water partition coefficient (Wildman–Crippen LogP) is 6.07. The molecule has 8 nitrogen and oxygen atoms in total. The summed E-state index contributed by atoms with van der Waals surface area (Å²) in [5, 5.41) is 13.0. The van der Waals surface area contributed by atoms with Crippen LogP contribution in [0.25, 0.3) is 16.8 Å². The minimum Gasteiger partial charge on any atom is -0.494 e. The summed E-state index contributed by atoms with van der Waals surface area (Å²) in [6.45, 7) is 0.759. The maximum absolute atomic E-state index is 12.7. The summed E-state index contributed by atoms with van der Waals surface area (Å²) in [7, 11) is 3.27. The first-order valence-corrected chi connectivity index (χ1v) is 14.0. The first kappa shape index (κ1) is 25.3. The van der Waals surface area contributed by atoms with Gasteiger partial charge in [-0.1, -0.05) is 61.6 Å². The van der Waals surface area contributed by atoms with E-state index in [1.54, 1.807) is 10.9 Å². The average molecular weight is 526 g/mol. The molecule has 2 aliphatic rings. The molecule has 0 bridgehead atoms. The van der Waals surface area contributed by atoms with Crippen LogP contribution in [-0.2, 0) is 11.8 Å². The van der Waals surface area contributed by atoms with Gasteiger partial charge >= 0.3 is 5.97 Å². The molecule has 2 fully saturated rings. The molecule has 4 aromatic rings.